The third kappa shape index (κ3) is 3.77. The van der Waals surface area contributed by atoms with Crippen molar-refractivity contribution in [2.45, 2.75) is 18.5 Å². The van der Waals surface area contributed by atoms with Crippen molar-refractivity contribution in [2.24, 2.45) is 11.8 Å². The lowest BCUT2D eigenvalue weighted by atomic mass is 9.65. The Morgan fingerprint density at radius 3 is 2.35 bits per heavy atom. The van der Waals surface area contributed by atoms with E-state index < -0.39 is 5.92 Å². The van der Waals surface area contributed by atoms with Crippen molar-refractivity contribution in [2.75, 3.05) is 33.4 Å². The Morgan fingerprint density at radius 2 is 1.68 bits per heavy atom. The Labute approximate surface area is 214 Å². The van der Waals surface area contributed by atoms with Gasteiger partial charge < -0.3 is 39.8 Å². The van der Waals surface area contributed by atoms with Crippen molar-refractivity contribution in [3.05, 3.63) is 70.8 Å². The molecule has 0 amide bonds. The summed E-state index contributed by atoms with van der Waals surface area (Å²) >= 11 is 0. The molecule has 0 bridgehead atoms. The van der Waals surface area contributed by atoms with E-state index in [0.717, 1.165) is 22.3 Å². The van der Waals surface area contributed by atoms with Crippen LogP contribution in [0.15, 0.2) is 48.5 Å². The number of phenolic OH excluding ortho intramolecular Hbond substituents is 1. The average Bonchev–Trinajstić information content (AvgIpc) is 3.53. The minimum absolute atomic E-state index is 0.0963. The highest BCUT2D eigenvalue weighted by Crippen LogP contribution is 2.55. The van der Waals surface area contributed by atoms with Crippen LogP contribution in [0, 0.1) is 11.8 Å². The lowest BCUT2D eigenvalue weighted by molar-refractivity contribution is -0.141. The molecule has 0 radical (unpaired) electrons. The van der Waals surface area contributed by atoms with Crippen molar-refractivity contribution >= 4 is 11.7 Å². The average molecular weight is 505 g/mol. The summed E-state index contributed by atoms with van der Waals surface area (Å²) in [4.78, 5) is 13.2. The first-order valence-electron chi connectivity index (χ1n) is 12.1. The van der Waals surface area contributed by atoms with E-state index >= 15 is 0 Å². The normalized spacial score (nSPS) is 23.2. The standard InChI is InChI=1S/C28H28N2O7/c1-33-22-7-15(8-23(34-2)27(22)31)24-16-9-20-21(37-13-36-20)10-17(16)26(18-12-35-28(32)25(18)24)30-11-14-5-3-4-6-19(14)29/h3-10,18,24-26,30-31H,11-13,29H2,1-2H3/t18-,24+,25-,26+/m0/s1. The van der Waals surface area contributed by atoms with Gasteiger partial charge >= 0.3 is 5.97 Å². The number of phenols is 1. The van der Waals surface area contributed by atoms with Crippen molar-refractivity contribution in [3.63, 3.8) is 0 Å². The minimum atomic E-state index is -0.475. The van der Waals surface area contributed by atoms with Gasteiger partial charge in [0.1, 0.15) is 0 Å². The molecule has 2 heterocycles. The van der Waals surface area contributed by atoms with Crippen molar-refractivity contribution in [3.8, 4) is 28.7 Å². The van der Waals surface area contributed by atoms with Gasteiger partial charge in [-0.05, 0) is 52.6 Å². The molecule has 9 heteroatoms. The first kappa shape index (κ1) is 23.3. The quantitative estimate of drug-likeness (QED) is 0.342. The summed E-state index contributed by atoms with van der Waals surface area (Å²) in [7, 11) is 2.96. The zero-order valence-corrected chi connectivity index (χ0v) is 20.5. The largest absolute Gasteiger partial charge is 0.502 e. The maximum atomic E-state index is 13.2. The fourth-order valence-corrected chi connectivity index (χ4v) is 5.83. The third-order valence-electron chi connectivity index (χ3n) is 7.62. The molecule has 0 aromatic heterocycles. The number of hydrogen-bond acceptors (Lipinski definition) is 9. The summed E-state index contributed by atoms with van der Waals surface area (Å²) in [6.07, 6.45) is 0. The van der Waals surface area contributed by atoms with E-state index in [0.29, 0.717) is 23.7 Å². The fourth-order valence-electron chi connectivity index (χ4n) is 5.83. The molecular weight excluding hydrogens is 476 g/mol. The number of anilines is 1. The van der Waals surface area contributed by atoms with Crippen LogP contribution in [0.3, 0.4) is 0 Å². The van der Waals surface area contributed by atoms with Gasteiger partial charge in [0, 0.05) is 30.1 Å². The van der Waals surface area contributed by atoms with Crippen LogP contribution in [0.1, 0.15) is 34.2 Å². The molecule has 3 aromatic rings. The van der Waals surface area contributed by atoms with Crippen molar-refractivity contribution in [1.29, 1.82) is 0 Å². The molecule has 0 saturated carbocycles. The molecule has 6 rings (SSSR count). The molecule has 192 valence electrons. The number of para-hydroxylation sites is 1. The molecule has 0 unspecified atom stereocenters. The molecule has 1 fully saturated rings. The van der Waals surface area contributed by atoms with E-state index in [-0.39, 0.29) is 54.5 Å². The van der Waals surface area contributed by atoms with E-state index in [1.54, 1.807) is 12.1 Å². The summed E-state index contributed by atoms with van der Waals surface area (Å²) in [6, 6.07) is 14.9. The predicted octanol–water partition coefficient (Wildman–Crippen LogP) is 3.49. The number of nitrogens with one attached hydrogen (secondary N) is 1. The Kier molecular flexibility index (Phi) is 5.72. The van der Waals surface area contributed by atoms with Gasteiger partial charge in [0.25, 0.3) is 0 Å². The number of nitrogen functional groups attached to an aromatic ring is 1. The molecule has 3 aliphatic rings. The monoisotopic (exact) mass is 504 g/mol. The van der Waals surface area contributed by atoms with E-state index in [9.17, 15) is 9.90 Å². The lowest BCUT2D eigenvalue weighted by Crippen LogP contribution is -2.40. The van der Waals surface area contributed by atoms with Crippen LogP contribution in [0.25, 0.3) is 0 Å². The third-order valence-corrected chi connectivity index (χ3v) is 7.62. The van der Waals surface area contributed by atoms with Gasteiger partial charge in [0.2, 0.25) is 12.5 Å². The number of rotatable bonds is 6. The maximum absolute atomic E-state index is 13.2. The summed E-state index contributed by atoms with van der Waals surface area (Å²) in [5, 5.41) is 14.2. The predicted molar refractivity (Wildman–Crippen MR) is 134 cm³/mol. The van der Waals surface area contributed by atoms with Crippen LogP contribution in [0.5, 0.6) is 28.7 Å². The van der Waals surface area contributed by atoms with Crippen LogP contribution in [0.2, 0.25) is 0 Å². The highest BCUT2D eigenvalue weighted by atomic mass is 16.7. The number of hydrogen-bond donors (Lipinski definition) is 3. The van der Waals surface area contributed by atoms with Gasteiger partial charge in [-0.25, -0.2) is 0 Å². The van der Waals surface area contributed by atoms with E-state index in [2.05, 4.69) is 5.32 Å². The lowest BCUT2D eigenvalue weighted by Gasteiger charge is -2.39. The molecule has 1 saturated heterocycles. The molecule has 4 atom stereocenters. The Bertz CT molecular complexity index is 1350. The topological polar surface area (TPSA) is 122 Å². The molecule has 4 N–H and O–H groups in total. The van der Waals surface area contributed by atoms with E-state index in [1.807, 2.05) is 36.4 Å². The number of fused-ring (bicyclic) bond motifs is 3. The molecule has 9 nitrogen and oxygen atoms in total. The van der Waals surface area contributed by atoms with E-state index in [4.69, 9.17) is 29.4 Å². The molecule has 3 aromatic carbocycles. The Balaban J connectivity index is 1.50. The Hall–Kier alpha value is -4.11. The van der Waals surface area contributed by atoms with E-state index in [1.165, 1.54) is 14.2 Å². The number of ether oxygens (including phenoxy) is 5. The van der Waals surface area contributed by atoms with Crippen LogP contribution in [-0.4, -0.2) is 38.7 Å². The minimum Gasteiger partial charge on any atom is -0.502 e. The van der Waals surface area contributed by atoms with Gasteiger partial charge in [-0.1, -0.05) is 18.2 Å². The molecular formula is C28H28N2O7. The number of carbonyl (C=O) groups excluding carboxylic acids is 1. The van der Waals surface area contributed by atoms with Crippen molar-refractivity contribution in [1.82, 2.24) is 5.32 Å². The zero-order valence-electron chi connectivity index (χ0n) is 20.5. The molecule has 37 heavy (non-hydrogen) atoms. The van der Waals surface area contributed by atoms with Gasteiger partial charge in [-0.3, -0.25) is 4.79 Å². The van der Waals surface area contributed by atoms with Crippen LogP contribution in [-0.2, 0) is 16.1 Å². The second-order valence-corrected chi connectivity index (χ2v) is 9.46. The van der Waals surface area contributed by atoms with Gasteiger partial charge in [0.15, 0.2) is 23.0 Å². The summed E-state index contributed by atoms with van der Waals surface area (Å²) in [5.74, 6) is 0.437. The maximum Gasteiger partial charge on any atom is 0.310 e. The second kappa shape index (κ2) is 9.08. The van der Waals surface area contributed by atoms with Crippen LogP contribution >= 0.6 is 0 Å². The first-order valence-corrected chi connectivity index (χ1v) is 12.1. The molecule has 1 aliphatic carbocycles. The highest BCUT2D eigenvalue weighted by Gasteiger charge is 2.52. The van der Waals surface area contributed by atoms with Crippen LogP contribution in [0.4, 0.5) is 5.69 Å². The molecule has 0 spiro atoms. The number of methoxy groups -OCH3 is 2. The molecule has 2 aliphatic heterocycles. The second-order valence-electron chi connectivity index (χ2n) is 9.46. The number of aromatic hydroxyl groups is 1. The highest BCUT2D eigenvalue weighted by molar-refractivity contribution is 5.79. The first-order chi connectivity index (χ1) is 18.0. The van der Waals surface area contributed by atoms with Crippen LogP contribution < -0.4 is 30.0 Å². The number of carbonyl (C=O) groups is 1. The number of nitrogens with two attached hydrogens (primary N) is 1. The van der Waals surface area contributed by atoms with Gasteiger partial charge in [0.05, 0.1) is 26.7 Å². The number of esters is 1. The SMILES string of the molecule is COc1cc([C@@H]2c3cc4c(cc3[C@@H](NCc3ccccc3N)[C@H]3COC(=O)[C@H]23)OCO4)cc(OC)c1O. The van der Waals surface area contributed by atoms with Crippen molar-refractivity contribution < 1.29 is 33.6 Å². The zero-order chi connectivity index (χ0) is 25.7. The van der Waals surface area contributed by atoms with Gasteiger partial charge in [-0.2, -0.15) is 0 Å². The number of cyclic esters (lactones) is 1. The fraction of sp³-hybridized carbons (Fsp3) is 0.321. The van der Waals surface area contributed by atoms with Gasteiger partial charge in [-0.15, -0.1) is 0 Å². The Morgan fingerprint density at radius 1 is 1.00 bits per heavy atom. The summed E-state index contributed by atoms with van der Waals surface area (Å²) < 4.78 is 27.9. The summed E-state index contributed by atoms with van der Waals surface area (Å²) in [6.45, 7) is 0.938. The smallest absolute Gasteiger partial charge is 0.310 e. The number of benzene rings is 3. The summed E-state index contributed by atoms with van der Waals surface area (Å²) in [5.41, 5.74) is 10.6.